The van der Waals surface area contributed by atoms with Gasteiger partial charge in [0.15, 0.2) is 0 Å². The molecule has 450 valence electrons. The van der Waals surface area contributed by atoms with Crippen LogP contribution in [0.3, 0.4) is 0 Å². The van der Waals surface area contributed by atoms with Gasteiger partial charge in [0.2, 0.25) is 20.0 Å². The number of aliphatic hydroxyl groups is 1. The van der Waals surface area contributed by atoms with Gasteiger partial charge in [-0.2, -0.15) is 8.61 Å². The number of hydrogen-bond donors (Lipinski definition) is 4. The summed E-state index contributed by atoms with van der Waals surface area (Å²) in [5, 5.41) is 27.8. The zero-order valence-corrected chi connectivity index (χ0v) is 49.0. The van der Waals surface area contributed by atoms with Crippen molar-refractivity contribution in [2.45, 2.75) is 99.7 Å². The van der Waals surface area contributed by atoms with Gasteiger partial charge in [0, 0.05) is 76.5 Å². The molecule has 4 aromatic carbocycles. The zero-order valence-electron chi connectivity index (χ0n) is 47.3. The molecule has 82 heavy (non-hydrogen) atoms. The molecule has 0 saturated carbocycles. The predicted molar refractivity (Wildman–Crippen MR) is 307 cm³/mol. The Bertz CT molecular complexity index is 2860. The number of sulfonamides is 2. The first-order valence-corrected chi connectivity index (χ1v) is 30.5. The Morgan fingerprint density at radius 3 is 1.59 bits per heavy atom. The van der Waals surface area contributed by atoms with E-state index in [4.69, 9.17) is 29.4 Å². The number of carbonyl (C=O) groups excluding carboxylic acids is 3. The summed E-state index contributed by atoms with van der Waals surface area (Å²) in [4.78, 5) is 53.7. The second kappa shape index (κ2) is 31.4. The molecule has 3 fully saturated rings. The van der Waals surface area contributed by atoms with Crippen molar-refractivity contribution in [1.82, 2.24) is 29.0 Å². The van der Waals surface area contributed by atoms with E-state index in [1.165, 1.54) is 40.7 Å². The number of nitrogen functional groups attached to an aromatic ring is 1. The highest BCUT2D eigenvalue weighted by molar-refractivity contribution is 7.89. The minimum atomic E-state index is -4.10. The Morgan fingerprint density at radius 1 is 0.683 bits per heavy atom. The number of anilines is 1. The van der Waals surface area contributed by atoms with Crippen molar-refractivity contribution < 1.29 is 64.9 Å². The Kier molecular flexibility index (Phi) is 24.8. The van der Waals surface area contributed by atoms with Crippen molar-refractivity contribution in [3.63, 3.8) is 0 Å². The van der Waals surface area contributed by atoms with Gasteiger partial charge in [0.1, 0.15) is 18.3 Å². The second-order valence-electron chi connectivity index (χ2n) is 21.6. The molecule has 7 rings (SSSR count). The number of ether oxygens (including phenoxy) is 5. The number of carbonyl (C=O) groups is 3. The minimum absolute atomic E-state index is 0.0388. The number of nitro groups is 1. The largest absolute Gasteiger partial charge is 0.458 e. The molecule has 2 amide bonds. The molecule has 0 spiro atoms. The van der Waals surface area contributed by atoms with Gasteiger partial charge in [-0.15, -0.1) is 0 Å². The number of esters is 1. The summed E-state index contributed by atoms with van der Waals surface area (Å²) in [5.74, 6) is -0.604. The van der Waals surface area contributed by atoms with Crippen molar-refractivity contribution in [3.05, 3.63) is 130 Å². The highest BCUT2D eigenvalue weighted by Crippen LogP contribution is 2.25. The number of amides is 2. The molecule has 0 aromatic heterocycles. The number of alkyl carbamates (subject to hydrolysis) is 2. The number of non-ortho nitro benzene ring substituents is 1. The van der Waals surface area contributed by atoms with E-state index in [-0.39, 0.29) is 85.1 Å². The number of rotatable bonds is 26. The molecule has 3 heterocycles. The molecule has 0 aliphatic carbocycles. The van der Waals surface area contributed by atoms with E-state index in [2.05, 4.69) is 15.5 Å². The molecule has 5 N–H and O–H groups in total. The van der Waals surface area contributed by atoms with E-state index in [1.807, 2.05) is 100 Å². The number of nitrogens with zero attached hydrogens (tertiary/aromatic N) is 5. The lowest BCUT2D eigenvalue weighted by atomic mass is 10.0. The van der Waals surface area contributed by atoms with Gasteiger partial charge in [-0.1, -0.05) is 88.4 Å². The number of nitrogens with two attached hydrogens (primary N) is 1. The third kappa shape index (κ3) is 20.5. The van der Waals surface area contributed by atoms with E-state index in [0.717, 1.165) is 40.7 Å². The quantitative estimate of drug-likeness (QED) is 0.0213. The smallest absolute Gasteiger partial charge is 0.407 e. The Balaban J connectivity index is 0.000000269. The summed E-state index contributed by atoms with van der Waals surface area (Å²) in [5.41, 5.74) is 7.76. The van der Waals surface area contributed by atoms with Crippen LogP contribution < -0.4 is 16.4 Å². The van der Waals surface area contributed by atoms with Crippen LogP contribution in [0, 0.1) is 22.0 Å². The highest BCUT2D eigenvalue weighted by Gasteiger charge is 2.37. The third-order valence-electron chi connectivity index (χ3n) is 13.8. The van der Waals surface area contributed by atoms with E-state index in [1.54, 1.807) is 0 Å². The van der Waals surface area contributed by atoms with Crippen LogP contribution in [0.15, 0.2) is 119 Å². The average Bonchev–Trinajstić information content (AvgIpc) is 4.27. The number of benzene rings is 4. The highest BCUT2D eigenvalue weighted by atomic mass is 32.2. The number of nitro benzene ring substituents is 1. The fourth-order valence-corrected chi connectivity index (χ4v) is 12.6. The summed E-state index contributed by atoms with van der Waals surface area (Å²) in [6, 6.07) is 27.6. The molecule has 3 aliphatic heterocycles. The van der Waals surface area contributed by atoms with E-state index in [0.29, 0.717) is 58.0 Å². The molecular formula is C57H80N8O15S2. The summed E-state index contributed by atoms with van der Waals surface area (Å²) in [6.45, 7) is 12.0. The van der Waals surface area contributed by atoms with Crippen molar-refractivity contribution in [2.75, 3.05) is 98.1 Å². The fourth-order valence-electron chi connectivity index (χ4n) is 9.39. The zero-order chi connectivity index (χ0) is 59.4. The lowest BCUT2D eigenvalue weighted by molar-refractivity contribution is -0.384. The first-order valence-electron chi connectivity index (χ1n) is 27.6. The van der Waals surface area contributed by atoms with Crippen molar-refractivity contribution in [1.29, 1.82) is 0 Å². The maximum absolute atomic E-state index is 14.0. The predicted octanol–water partition coefficient (Wildman–Crippen LogP) is 4.93. The van der Waals surface area contributed by atoms with Crippen molar-refractivity contribution >= 4 is 49.6 Å². The first-order chi connectivity index (χ1) is 39.0. The van der Waals surface area contributed by atoms with Crippen LogP contribution in [-0.2, 0) is 61.4 Å². The number of likely N-dealkylation sites (N-methyl/N-ethyl adjacent to an activating group) is 1. The van der Waals surface area contributed by atoms with Gasteiger partial charge in [-0.25, -0.2) is 26.4 Å². The molecule has 0 radical (unpaired) electrons. The van der Waals surface area contributed by atoms with Crippen LogP contribution >= 0.6 is 0 Å². The molecule has 25 heteroatoms. The molecule has 4 unspecified atom stereocenters. The Hall–Kier alpha value is -6.29. The fraction of sp³-hybridized carbons (Fsp3) is 0.526. The molecular weight excluding hydrogens is 1100 g/mol. The van der Waals surface area contributed by atoms with Gasteiger partial charge in [-0.3, -0.25) is 19.8 Å². The molecule has 0 bridgehead atoms. The maximum Gasteiger partial charge on any atom is 0.407 e. The van der Waals surface area contributed by atoms with E-state index >= 15 is 0 Å². The van der Waals surface area contributed by atoms with Gasteiger partial charge in [-0.05, 0) is 79.3 Å². The maximum atomic E-state index is 14.0. The second-order valence-corrected chi connectivity index (χ2v) is 25.5. The summed E-state index contributed by atoms with van der Waals surface area (Å²) in [7, 11) is -6.08. The standard InChI is InChI=1S/C32H47N5O7S.C25H33N3O8S/c1-24(2)20-37(45(40,41)28-11-9-26(33)10-12-28)21-30(44-31(38)22-36-16-14-35(3)15-17-36)29(19-25-7-5-4-6-8-25)34-32(39)43-27-13-18-42-23-27;1-18(2)15-27(37(33,34)22-10-8-20(9-11-22)28(31)32)16-24(29)23(14-19-6-4-3-5-7-19)26-25(30)36-21-12-13-35-17-21/h4-12,24,27,29-30H,13-23,33H2,1-3H3,(H,34,39);3-11,18,21,23-24,29H,12-17H2,1-2H3,(H,26,30)/t27?,29-,30?;21?,23-,24?/m00/s1. The van der Waals surface area contributed by atoms with Crippen molar-refractivity contribution in [3.8, 4) is 0 Å². The van der Waals surface area contributed by atoms with Crippen molar-refractivity contribution in [2.24, 2.45) is 11.8 Å². The monoisotopic (exact) mass is 1180 g/mol. The Labute approximate surface area is 481 Å². The first kappa shape index (κ1) is 64.9. The van der Waals surface area contributed by atoms with E-state index in [9.17, 15) is 46.4 Å². The summed E-state index contributed by atoms with van der Waals surface area (Å²) in [6.07, 6.45) is -2.78. The van der Waals surface area contributed by atoms with Gasteiger partial charge in [0.05, 0.1) is 72.4 Å². The molecule has 6 atom stereocenters. The van der Waals surface area contributed by atoms with Gasteiger partial charge >= 0.3 is 18.2 Å². The lowest BCUT2D eigenvalue weighted by Crippen LogP contribution is -2.54. The van der Waals surface area contributed by atoms with Crippen LogP contribution in [0.25, 0.3) is 0 Å². The number of nitrogens with one attached hydrogen (secondary N) is 2. The molecule has 3 saturated heterocycles. The van der Waals surface area contributed by atoms with Crippen LogP contribution in [-0.4, -0.2) is 192 Å². The number of aliphatic hydroxyl groups excluding tert-OH is 1. The van der Waals surface area contributed by atoms with Crippen LogP contribution in [0.1, 0.15) is 51.7 Å². The van der Waals surface area contributed by atoms with Gasteiger partial charge in [0.25, 0.3) is 5.69 Å². The summed E-state index contributed by atoms with van der Waals surface area (Å²) < 4.78 is 85.0. The number of hydrogen-bond acceptors (Lipinski definition) is 18. The Morgan fingerprint density at radius 2 is 1.13 bits per heavy atom. The third-order valence-corrected chi connectivity index (χ3v) is 17.5. The SMILES string of the molecule is CC(C)CN(CC(O)[C@H](Cc1ccccc1)NC(=O)OC1CCOC1)S(=O)(=O)c1ccc([N+](=O)[O-])cc1.CC(C)CN(CC(OC(=O)CN1CCN(C)CC1)[C@H](Cc1ccccc1)NC(=O)OC1CCOC1)S(=O)(=O)c1ccc(N)cc1. The minimum Gasteiger partial charge on any atom is -0.458 e. The van der Waals surface area contributed by atoms with Crippen LogP contribution in [0.2, 0.25) is 0 Å². The molecule has 23 nitrogen and oxygen atoms in total. The normalized spacial score (nSPS) is 18.5. The van der Waals surface area contributed by atoms with Crippen LogP contribution in [0.5, 0.6) is 0 Å². The lowest BCUT2D eigenvalue weighted by Gasteiger charge is -2.35. The van der Waals surface area contributed by atoms with Crippen LogP contribution in [0.4, 0.5) is 21.0 Å². The van der Waals surface area contributed by atoms with E-state index < -0.39 is 67.4 Å². The molecule has 4 aromatic rings. The van der Waals surface area contributed by atoms with Gasteiger partial charge < -0.3 is 50.1 Å². The molecule has 3 aliphatic rings. The average molecular weight is 1180 g/mol. The summed E-state index contributed by atoms with van der Waals surface area (Å²) >= 11 is 0. The number of piperazine rings is 1. The topological polar surface area (TPSA) is 292 Å².